The summed E-state index contributed by atoms with van der Waals surface area (Å²) in [6.45, 7) is 8.27. The molecule has 0 aromatic heterocycles. The zero-order valence-electron chi connectivity index (χ0n) is 22.8. The van der Waals surface area contributed by atoms with Crippen LogP contribution in [0.1, 0.15) is 108 Å². The number of aliphatic hydroxyl groups excluding tert-OH is 1. The Morgan fingerprint density at radius 2 is 1.22 bits per heavy atom. The normalized spacial score (nSPS) is 12.8. The van der Waals surface area contributed by atoms with Gasteiger partial charge in [0.15, 0.2) is 5.78 Å². The number of Topliss-reactive ketones (excluding diaryl/α,β-unsaturated/α-hetero) is 1. The van der Waals surface area contributed by atoms with Gasteiger partial charge in [0, 0.05) is 11.0 Å². The average Bonchev–Trinajstić information content (AvgIpc) is 2.87. The van der Waals surface area contributed by atoms with Gasteiger partial charge >= 0.3 is 5.97 Å². The third-order valence-corrected chi connectivity index (χ3v) is 7.09. The molecule has 0 aliphatic rings. The van der Waals surface area contributed by atoms with Crippen molar-refractivity contribution >= 4 is 11.8 Å². The van der Waals surface area contributed by atoms with E-state index >= 15 is 0 Å². The Balaban J connectivity index is 1.53. The van der Waals surface area contributed by atoms with Gasteiger partial charge in [-0.15, -0.1) is 0 Å². The minimum atomic E-state index is -0.497. The smallest absolute Gasteiger partial charge is 0.311 e. The molecule has 1 N–H and O–H groups in total. The van der Waals surface area contributed by atoms with Gasteiger partial charge in [-0.3, -0.25) is 9.59 Å². The Labute approximate surface area is 218 Å². The fourth-order valence-corrected chi connectivity index (χ4v) is 4.51. The molecule has 198 valence electrons. The maximum absolute atomic E-state index is 12.7. The second-order valence-electron chi connectivity index (χ2n) is 11.4. The summed E-state index contributed by atoms with van der Waals surface area (Å²) in [5.74, 6) is 0.0517. The monoisotopic (exact) mass is 494 g/mol. The maximum atomic E-state index is 12.7. The Kier molecular flexibility index (Phi) is 12.4. The fourth-order valence-electron chi connectivity index (χ4n) is 4.51. The van der Waals surface area contributed by atoms with Crippen LogP contribution in [0.25, 0.3) is 0 Å². The van der Waals surface area contributed by atoms with E-state index in [2.05, 4.69) is 0 Å². The average molecular weight is 495 g/mol. The summed E-state index contributed by atoms with van der Waals surface area (Å²) in [7, 11) is 0. The van der Waals surface area contributed by atoms with Crippen LogP contribution in [0.2, 0.25) is 0 Å². The lowest BCUT2D eigenvalue weighted by Gasteiger charge is -2.23. The van der Waals surface area contributed by atoms with E-state index < -0.39 is 5.41 Å². The molecule has 0 aliphatic carbocycles. The van der Waals surface area contributed by atoms with Gasteiger partial charge < -0.3 is 9.84 Å². The van der Waals surface area contributed by atoms with E-state index in [1.807, 2.05) is 88.4 Å². The molecule has 2 rings (SSSR count). The summed E-state index contributed by atoms with van der Waals surface area (Å²) >= 11 is 0. The molecule has 0 heterocycles. The molecule has 0 saturated heterocycles. The van der Waals surface area contributed by atoms with Gasteiger partial charge in [-0.05, 0) is 45.1 Å². The first-order chi connectivity index (χ1) is 17.1. The van der Waals surface area contributed by atoms with Gasteiger partial charge in [0.05, 0.1) is 11.5 Å². The van der Waals surface area contributed by atoms with Gasteiger partial charge in [-0.25, -0.2) is 0 Å². The number of unbranched alkanes of at least 4 members (excludes halogenated alkanes) is 4. The van der Waals surface area contributed by atoms with Crippen molar-refractivity contribution in [3.8, 4) is 0 Å². The SMILES string of the molecule is CC(C)(CCCCCC(O)CCCCCC(C)(C)C(=O)c1ccccc1)C(=O)OCc1ccccc1. The van der Waals surface area contributed by atoms with Crippen LogP contribution in [0.4, 0.5) is 0 Å². The summed E-state index contributed by atoms with van der Waals surface area (Å²) < 4.78 is 5.51. The number of hydrogen-bond donors (Lipinski definition) is 1. The first-order valence-corrected chi connectivity index (χ1v) is 13.6. The van der Waals surface area contributed by atoms with Crippen molar-refractivity contribution in [1.82, 2.24) is 0 Å². The van der Waals surface area contributed by atoms with E-state index in [1.54, 1.807) is 0 Å². The molecule has 0 fully saturated rings. The second-order valence-corrected chi connectivity index (χ2v) is 11.4. The highest BCUT2D eigenvalue weighted by atomic mass is 16.5. The fraction of sp³-hybridized carbons (Fsp3) is 0.562. The van der Waals surface area contributed by atoms with Gasteiger partial charge in [-0.1, -0.05) is 113 Å². The summed E-state index contributed by atoms with van der Waals surface area (Å²) in [6, 6.07) is 19.3. The molecule has 4 nitrogen and oxygen atoms in total. The predicted octanol–water partition coefficient (Wildman–Crippen LogP) is 7.93. The molecule has 2 aromatic carbocycles. The van der Waals surface area contributed by atoms with Crippen LogP contribution in [-0.2, 0) is 16.1 Å². The van der Waals surface area contributed by atoms with E-state index in [4.69, 9.17) is 4.74 Å². The molecule has 4 heteroatoms. The van der Waals surface area contributed by atoms with E-state index in [1.165, 1.54) is 0 Å². The van der Waals surface area contributed by atoms with E-state index in [0.717, 1.165) is 75.3 Å². The van der Waals surface area contributed by atoms with Crippen molar-refractivity contribution in [3.63, 3.8) is 0 Å². The zero-order valence-corrected chi connectivity index (χ0v) is 22.8. The highest BCUT2D eigenvalue weighted by molar-refractivity contribution is 5.99. The first kappa shape index (κ1) is 29.8. The molecular weight excluding hydrogens is 448 g/mol. The maximum Gasteiger partial charge on any atom is 0.311 e. The molecule has 2 aromatic rings. The van der Waals surface area contributed by atoms with Crippen molar-refractivity contribution in [2.75, 3.05) is 0 Å². The Morgan fingerprint density at radius 3 is 1.78 bits per heavy atom. The number of benzene rings is 2. The third-order valence-electron chi connectivity index (χ3n) is 7.09. The van der Waals surface area contributed by atoms with Crippen LogP contribution in [0.5, 0.6) is 0 Å². The zero-order chi connectivity index (χ0) is 26.4. The Bertz CT molecular complexity index is 902. The van der Waals surface area contributed by atoms with Crippen LogP contribution in [0, 0.1) is 10.8 Å². The number of aliphatic hydroxyl groups is 1. The lowest BCUT2D eigenvalue weighted by molar-refractivity contribution is -0.155. The molecule has 0 saturated carbocycles. The predicted molar refractivity (Wildman–Crippen MR) is 147 cm³/mol. The van der Waals surface area contributed by atoms with Crippen LogP contribution >= 0.6 is 0 Å². The lowest BCUT2D eigenvalue weighted by atomic mass is 9.80. The van der Waals surface area contributed by atoms with Crippen molar-refractivity contribution in [2.45, 2.75) is 105 Å². The summed E-state index contributed by atoms with van der Waals surface area (Å²) in [4.78, 5) is 25.2. The highest BCUT2D eigenvalue weighted by Crippen LogP contribution is 2.29. The summed E-state index contributed by atoms with van der Waals surface area (Å²) in [5.41, 5.74) is 0.926. The molecule has 0 amide bonds. The summed E-state index contributed by atoms with van der Waals surface area (Å²) in [6.07, 6.45) is 8.91. The first-order valence-electron chi connectivity index (χ1n) is 13.6. The number of hydrogen-bond acceptors (Lipinski definition) is 4. The highest BCUT2D eigenvalue weighted by Gasteiger charge is 2.29. The molecule has 0 radical (unpaired) electrons. The van der Waals surface area contributed by atoms with Gasteiger partial charge in [0.1, 0.15) is 6.61 Å². The standard InChI is InChI=1S/C32H46O4/c1-31(2,29(34)27-19-11-6-12-20-27)23-15-7-13-21-28(33)22-14-8-16-24-32(3,4)30(35)36-25-26-17-9-5-10-18-26/h5-6,9-12,17-20,28,33H,7-8,13-16,21-25H2,1-4H3. The Hall–Kier alpha value is -2.46. The van der Waals surface area contributed by atoms with E-state index in [-0.39, 0.29) is 23.3 Å². The van der Waals surface area contributed by atoms with Gasteiger partial charge in [0.25, 0.3) is 0 Å². The van der Waals surface area contributed by atoms with E-state index in [9.17, 15) is 14.7 Å². The quantitative estimate of drug-likeness (QED) is 0.138. The number of carbonyl (C=O) groups is 2. The number of rotatable bonds is 17. The minimum absolute atomic E-state index is 0.153. The van der Waals surface area contributed by atoms with Gasteiger partial charge in [-0.2, -0.15) is 0 Å². The minimum Gasteiger partial charge on any atom is -0.460 e. The van der Waals surface area contributed by atoms with Crippen molar-refractivity contribution in [1.29, 1.82) is 0 Å². The van der Waals surface area contributed by atoms with Crippen molar-refractivity contribution in [2.24, 2.45) is 10.8 Å². The van der Waals surface area contributed by atoms with Crippen LogP contribution in [-0.4, -0.2) is 23.0 Å². The molecule has 0 bridgehead atoms. The molecule has 1 unspecified atom stereocenters. The molecule has 0 spiro atoms. The number of ether oxygens (including phenoxy) is 1. The topological polar surface area (TPSA) is 63.6 Å². The van der Waals surface area contributed by atoms with Crippen LogP contribution in [0.3, 0.4) is 0 Å². The summed E-state index contributed by atoms with van der Waals surface area (Å²) in [5, 5.41) is 10.3. The lowest BCUT2D eigenvalue weighted by Crippen LogP contribution is -2.26. The molecule has 1 atom stereocenters. The molecular formula is C32H46O4. The molecule has 0 aliphatic heterocycles. The molecule has 36 heavy (non-hydrogen) atoms. The van der Waals surface area contributed by atoms with Crippen LogP contribution < -0.4 is 0 Å². The largest absolute Gasteiger partial charge is 0.460 e. The Morgan fingerprint density at radius 1 is 0.722 bits per heavy atom. The van der Waals surface area contributed by atoms with Crippen molar-refractivity contribution < 1.29 is 19.4 Å². The van der Waals surface area contributed by atoms with Gasteiger partial charge in [0.2, 0.25) is 0 Å². The second kappa shape index (κ2) is 14.9. The van der Waals surface area contributed by atoms with E-state index in [0.29, 0.717) is 6.61 Å². The third kappa shape index (κ3) is 10.7. The van der Waals surface area contributed by atoms with Crippen LogP contribution in [0.15, 0.2) is 60.7 Å². The number of esters is 1. The number of carbonyl (C=O) groups excluding carboxylic acids is 2. The number of ketones is 1. The van der Waals surface area contributed by atoms with Crippen molar-refractivity contribution in [3.05, 3.63) is 71.8 Å².